The van der Waals surface area contributed by atoms with E-state index in [2.05, 4.69) is 15.8 Å². The van der Waals surface area contributed by atoms with Crippen molar-refractivity contribution in [1.82, 2.24) is 15.8 Å². The molecule has 0 aliphatic carbocycles. The maximum atomic E-state index is 11.7. The lowest BCUT2D eigenvalue weighted by Gasteiger charge is -2.07. The van der Waals surface area contributed by atoms with E-state index in [9.17, 15) is 9.59 Å². The molecule has 0 radical (unpaired) electrons. The zero-order chi connectivity index (χ0) is 15.8. The van der Waals surface area contributed by atoms with Gasteiger partial charge in [-0.25, -0.2) is 0 Å². The number of methoxy groups -OCH3 is 1. The van der Waals surface area contributed by atoms with Crippen LogP contribution in [0.2, 0.25) is 0 Å². The second-order valence-corrected chi connectivity index (χ2v) is 4.59. The number of ether oxygens (including phenoxy) is 1. The molecule has 1 heterocycles. The Hall–Kier alpha value is -2.89. The summed E-state index contributed by atoms with van der Waals surface area (Å²) in [5, 5.41) is 0. The maximum absolute atomic E-state index is 11.7. The topological polar surface area (TPSA) is 80.3 Å². The molecular weight excluding hydrogens is 282 g/mol. The second kappa shape index (κ2) is 7.78. The van der Waals surface area contributed by atoms with E-state index in [0.29, 0.717) is 12.0 Å². The lowest BCUT2D eigenvalue weighted by atomic mass is 10.1. The van der Waals surface area contributed by atoms with Crippen molar-refractivity contribution in [1.29, 1.82) is 0 Å². The summed E-state index contributed by atoms with van der Waals surface area (Å²) < 4.78 is 5.07. The minimum Gasteiger partial charge on any atom is -0.497 e. The molecule has 2 rings (SSSR count). The van der Waals surface area contributed by atoms with Crippen molar-refractivity contribution in [3.63, 3.8) is 0 Å². The summed E-state index contributed by atoms with van der Waals surface area (Å²) in [7, 11) is 1.60. The van der Waals surface area contributed by atoms with Gasteiger partial charge in [0.15, 0.2) is 0 Å². The highest BCUT2D eigenvalue weighted by atomic mass is 16.5. The molecule has 0 saturated heterocycles. The van der Waals surface area contributed by atoms with Crippen LogP contribution in [0.3, 0.4) is 0 Å². The Kier molecular flexibility index (Phi) is 5.48. The summed E-state index contributed by atoms with van der Waals surface area (Å²) in [6.45, 7) is 0. The van der Waals surface area contributed by atoms with Crippen LogP contribution in [0.4, 0.5) is 0 Å². The van der Waals surface area contributed by atoms with Gasteiger partial charge in [-0.1, -0.05) is 12.1 Å². The van der Waals surface area contributed by atoms with Gasteiger partial charge in [-0.15, -0.1) is 0 Å². The molecule has 0 spiro atoms. The zero-order valence-electron chi connectivity index (χ0n) is 12.2. The van der Waals surface area contributed by atoms with Crippen LogP contribution in [0.25, 0.3) is 0 Å². The third kappa shape index (κ3) is 4.59. The first-order valence-electron chi connectivity index (χ1n) is 6.81. The quantitative estimate of drug-likeness (QED) is 0.820. The van der Waals surface area contributed by atoms with E-state index < -0.39 is 5.91 Å². The number of nitrogens with one attached hydrogen (secondary N) is 2. The van der Waals surface area contributed by atoms with Gasteiger partial charge in [0, 0.05) is 18.8 Å². The summed E-state index contributed by atoms with van der Waals surface area (Å²) in [5.41, 5.74) is 6.15. The smallest absolute Gasteiger partial charge is 0.271 e. The summed E-state index contributed by atoms with van der Waals surface area (Å²) in [5.74, 6) is 0.121. The first-order chi connectivity index (χ1) is 10.7. The number of hydrogen-bond donors (Lipinski definition) is 2. The van der Waals surface area contributed by atoms with Crippen LogP contribution in [-0.2, 0) is 11.2 Å². The number of benzene rings is 1. The van der Waals surface area contributed by atoms with Crippen LogP contribution in [0, 0.1) is 0 Å². The molecule has 114 valence electrons. The summed E-state index contributed by atoms with van der Waals surface area (Å²) in [6.07, 6.45) is 3.86. The minimum absolute atomic E-state index is 0.256. The van der Waals surface area contributed by atoms with Gasteiger partial charge in [0.1, 0.15) is 5.75 Å². The lowest BCUT2D eigenvalue weighted by molar-refractivity contribution is -0.121. The maximum Gasteiger partial charge on any atom is 0.271 e. The molecule has 22 heavy (non-hydrogen) atoms. The van der Waals surface area contributed by atoms with Crippen LogP contribution in [0.15, 0.2) is 48.8 Å². The third-order valence-electron chi connectivity index (χ3n) is 3.04. The molecule has 0 fully saturated rings. The molecule has 2 amide bonds. The minimum atomic E-state index is -0.397. The van der Waals surface area contributed by atoms with Crippen molar-refractivity contribution >= 4 is 11.8 Å². The summed E-state index contributed by atoms with van der Waals surface area (Å²) in [6, 6.07) is 10.8. The van der Waals surface area contributed by atoms with Gasteiger partial charge < -0.3 is 4.74 Å². The van der Waals surface area contributed by atoms with E-state index in [1.54, 1.807) is 25.4 Å². The largest absolute Gasteiger partial charge is 0.497 e. The lowest BCUT2D eigenvalue weighted by Crippen LogP contribution is -2.41. The van der Waals surface area contributed by atoms with Crippen molar-refractivity contribution in [2.45, 2.75) is 12.8 Å². The molecule has 6 heteroatoms. The second-order valence-electron chi connectivity index (χ2n) is 4.59. The highest BCUT2D eigenvalue weighted by molar-refractivity contribution is 5.95. The Labute approximate surface area is 128 Å². The Morgan fingerprint density at radius 1 is 1.14 bits per heavy atom. The zero-order valence-corrected chi connectivity index (χ0v) is 12.2. The number of carbonyl (C=O) groups is 2. The Bertz CT molecular complexity index is 627. The van der Waals surface area contributed by atoms with Gasteiger partial charge in [0.05, 0.1) is 12.7 Å². The molecule has 1 aromatic carbocycles. The fraction of sp³-hybridized carbons (Fsp3) is 0.188. The SMILES string of the molecule is COc1ccc(CCC(=O)NNC(=O)c2cccnc2)cc1. The number of carbonyl (C=O) groups excluding carboxylic acids is 2. The molecule has 0 atom stereocenters. The van der Waals surface area contributed by atoms with Gasteiger partial charge in [-0.3, -0.25) is 25.4 Å². The first kappa shape index (κ1) is 15.5. The molecule has 0 aliphatic rings. The van der Waals surface area contributed by atoms with Crippen LogP contribution in [-0.4, -0.2) is 23.9 Å². The van der Waals surface area contributed by atoms with Crippen LogP contribution in [0.1, 0.15) is 22.3 Å². The van der Waals surface area contributed by atoms with Gasteiger partial charge in [0.25, 0.3) is 5.91 Å². The average molecular weight is 299 g/mol. The van der Waals surface area contributed by atoms with Gasteiger partial charge in [-0.2, -0.15) is 0 Å². The van der Waals surface area contributed by atoms with E-state index in [1.807, 2.05) is 24.3 Å². The van der Waals surface area contributed by atoms with Crippen LogP contribution in [0.5, 0.6) is 5.75 Å². The molecule has 0 unspecified atom stereocenters. The summed E-state index contributed by atoms with van der Waals surface area (Å²) in [4.78, 5) is 27.3. The summed E-state index contributed by atoms with van der Waals surface area (Å²) >= 11 is 0. The van der Waals surface area contributed by atoms with E-state index in [1.165, 1.54) is 6.20 Å². The van der Waals surface area contributed by atoms with E-state index >= 15 is 0 Å². The normalized spacial score (nSPS) is 9.86. The van der Waals surface area contributed by atoms with E-state index in [-0.39, 0.29) is 12.3 Å². The van der Waals surface area contributed by atoms with E-state index in [4.69, 9.17) is 4.74 Å². The molecule has 6 nitrogen and oxygen atoms in total. The molecular formula is C16H17N3O3. The van der Waals surface area contributed by atoms with Crippen molar-refractivity contribution in [2.24, 2.45) is 0 Å². The number of rotatable bonds is 5. The third-order valence-corrected chi connectivity index (χ3v) is 3.04. The molecule has 1 aromatic heterocycles. The Balaban J connectivity index is 1.74. The molecule has 0 bridgehead atoms. The van der Waals surface area contributed by atoms with Gasteiger partial charge in [-0.05, 0) is 36.2 Å². The Morgan fingerprint density at radius 2 is 1.91 bits per heavy atom. The standard InChI is InChI=1S/C16H17N3O3/c1-22-14-7-4-12(5-8-14)6-9-15(20)18-19-16(21)13-3-2-10-17-11-13/h2-5,7-8,10-11H,6,9H2,1H3,(H,18,20)(H,19,21). The Morgan fingerprint density at radius 3 is 2.55 bits per heavy atom. The molecule has 0 aliphatic heterocycles. The number of nitrogens with zero attached hydrogens (tertiary/aromatic N) is 1. The number of amides is 2. The number of aryl methyl sites for hydroxylation is 1. The predicted molar refractivity (Wildman–Crippen MR) is 81.2 cm³/mol. The highest BCUT2D eigenvalue weighted by Gasteiger charge is 2.07. The fourth-order valence-corrected chi connectivity index (χ4v) is 1.81. The monoisotopic (exact) mass is 299 g/mol. The van der Waals surface area contributed by atoms with Gasteiger partial charge >= 0.3 is 0 Å². The van der Waals surface area contributed by atoms with Crippen molar-refractivity contribution < 1.29 is 14.3 Å². The van der Waals surface area contributed by atoms with Crippen molar-refractivity contribution in [3.05, 3.63) is 59.9 Å². The number of aromatic nitrogens is 1. The predicted octanol–water partition coefficient (Wildman–Crippen LogP) is 1.48. The average Bonchev–Trinajstić information content (AvgIpc) is 2.59. The van der Waals surface area contributed by atoms with Crippen LogP contribution < -0.4 is 15.6 Å². The van der Waals surface area contributed by atoms with Gasteiger partial charge in [0.2, 0.25) is 5.91 Å². The fourth-order valence-electron chi connectivity index (χ4n) is 1.81. The van der Waals surface area contributed by atoms with Crippen molar-refractivity contribution in [3.8, 4) is 5.75 Å². The highest BCUT2D eigenvalue weighted by Crippen LogP contribution is 2.12. The number of hydrazine groups is 1. The molecule has 2 N–H and O–H groups in total. The van der Waals surface area contributed by atoms with E-state index in [0.717, 1.165) is 11.3 Å². The first-order valence-corrected chi connectivity index (χ1v) is 6.81. The van der Waals surface area contributed by atoms with Crippen molar-refractivity contribution in [2.75, 3.05) is 7.11 Å². The molecule has 0 saturated carbocycles. The number of pyridine rings is 1. The number of hydrogen-bond acceptors (Lipinski definition) is 4. The molecule has 2 aromatic rings. The van der Waals surface area contributed by atoms with Crippen LogP contribution >= 0.6 is 0 Å².